The van der Waals surface area contributed by atoms with E-state index in [2.05, 4.69) is 4.40 Å². The lowest BCUT2D eigenvalue weighted by Crippen LogP contribution is -2.37. The van der Waals surface area contributed by atoms with Crippen LogP contribution in [-0.2, 0) is 10.0 Å². The highest BCUT2D eigenvalue weighted by Gasteiger charge is 2.34. The zero-order chi connectivity index (χ0) is 22.2. The van der Waals surface area contributed by atoms with Gasteiger partial charge in [-0.05, 0) is 49.2 Å². The van der Waals surface area contributed by atoms with E-state index in [1.807, 2.05) is 4.90 Å². The first-order chi connectivity index (χ1) is 14.8. The van der Waals surface area contributed by atoms with E-state index < -0.39 is 21.7 Å². The molecule has 0 atom stereocenters. The second-order valence-corrected chi connectivity index (χ2v) is 9.04. The maximum absolute atomic E-state index is 13.5. The number of carbonyl (C=O) groups excluding carboxylic acids is 1. The van der Waals surface area contributed by atoms with Gasteiger partial charge < -0.3 is 9.80 Å². The lowest BCUT2D eigenvalue weighted by atomic mass is 10.1. The predicted molar refractivity (Wildman–Crippen MR) is 114 cm³/mol. The minimum Gasteiger partial charge on any atom is -0.354 e. The van der Waals surface area contributed by atoms with Gasteiger partial charge in [-0.3, -0.25) is 4.79 Å². The third kappa shape index (κ3) is 4.23. The summed E-state index contributed by atoms with van der Waals surface area (Å²) in [6.07, 6.45) is 0.610. The molecule has 9 heteroatoms. The van der Waals surface area contributed by atoms with Crippen LogP contribution in [0.3, 0.4) is 0 Å². The van der Waals surface area contributed by atoms with E-state index in [1.54, 1.807) is 17.9 Å². The van der Waals surface area contributed by atoms with Gasteiger partial charge in [0, 0.05) is 37.3 Å². The molecule has 2 aliphatic heterocycles. The average molecular weight is 445 g/mol. The number of carbonyl (C=O) groups is 1. The summed E-state index contributed by atoms with van der Waals surface area (Å²) in [5.74, 6) is -0.836. The van der Waals surface area contributed by atoms with Gasteiger partial charge in [0.25, 0.3) is 15.9 Å². The van der Waals surface area contributed by atoms with Crippen LogP contribution in [0.2, 0.25) is 0 Å². The largest absolute Gasteiger partial charge is 0.354 e. The molecular formula is C22H21F2N3O3S. The monoisotopic (exact) mass is 445 g/mol. The van der Waals surface area contributed by atoms with Crippen molar-refractivity contribution in [3.05, 3.63) is 76.9 Å². The minimum absolute atomic E-state index is 0.0689. The van der Waals surface area contributed by atoms with Crippen LogP contribution < -0.4 is 0 Å². The Labute approximate surface area is 179 Å². The fourth-order valence-electron chi connectivity index (χ4n) is 3.92. The minimum atomic E-state index is -3.91. The van der Waals surface area contributed by atoms with E-state index in [9.17, 15) is 22.0 Å². The molecule has 0 spiro atoms. The van der Waals surface area contributed by atoms with Crippen molar-refractivity contribution in [3.8, 4) is 0 Å². The van der Waals surface area contributed by atoms with Crippen LogP contribution >= 0.6 is 0 Å². The zero-order valence-electron chi connectivity index (χ0n) is 16.9. The van der Waals surface area contributed by atoms with Gasteiger partial charge in [-0.2, -0.15) is 8.42 Å². The van der Waals surface area contributed by atoms with Crippen molar-refractivity contribution in [1.82, 2.24) is 9.80 Å². The number of halogens is 2. The molecule has 4 rings (SSSR count). The highest BCUT2D eigenvalue weighted by atomic mass is 32.2. The first kappa shape index (κ1) is 21.2. The molecule has 0 saturated carbocycles. The van der Waals surface area contributed by atoms with Gasteiger partial charge in [0.2, 0.25) is 0 Å². The molecule has 0 bridgehead atoms. The first-order valence-electron chi connectivity index (χ1n) is 9.88. The van der Waals surface area contributed by atoms with Gasteiger partial charge in [0.1, 0.15) is 22.4 Å². The zero-order valence-corrected chi connectivity index (χ0v) is 17.7. The molecule has 0 aromatic heterocycles. The number of rotatable bonds is 2. The van der Waals surface area contributed by atoms with Crippen LogP contribution in [0.15, 0.2) is 58.5 Å². The Bertz CT molecular complexity index is 1190. The number of benzene rings is 2. The molecule has 2 aromatic carbocycles. The van der Waals surface area contributed by atoms with Crippen molar-refractivity contribution < 1.29 is 22.0 Å². The molecule has 0 unspecified atom stereocenters. The maximum Gasteiger partial charge on any atom is 0.285 e. The summed E-state index contributed by atoms with van der Waals surface area (Å²) in [4.78, 5) is 16.3. The van der Waals surface area contributed by atoms with E-state index in [4.69, 9.17) is 0 Å². The number of hydrogen-bond donors (Lipinski definition) is 0. The van der Waals surface area contributed by atoms with Crippen LogP contribution in [0.1, 0.15) is 29.3 Å². The summed E-state index contributed by atoms with van der Waals surface area (Å²) in [5, 5.41) is 0. The van der Waals surface area contributed by atoms with Gasteiger partial charge in [-0.25, -0.2) is 8.78 Å². The van der Waals surface area contributed by atoms with Crippen LogP contribution in [0.4, 0.5) is 8.78 Å². The Morgan fingerprint density at radius 3 is 2.42 bits per heavy atom. The fourth-order valence-corrected chi connectivity index (χ4v) is 5.40. The van der Waals surface area contributed by atoms with Crippen molar-refractivity contribution >= 4 is 26.7 Å². The number of amides is 1. The van der Waals surface area contributed by atoms with Crippen LogP contribution in [0.25, 0.3) is 4.91 Å². The van der Waals surface area contributed by atoms with Gasteiger partial charge in [-0.1, -0.05) is 18.2 Å². The second-order valence-electron chi connectivity index (χ2n) is 7.49. The predicted octanol–water partition coefficient (Wildman–Crippen LogP) is 3.29. The van der Waals surface area contributed by atoms with Gasteiger partial charge >= 0.3 is 0 Å². The van der Waals surface area contributed by atoms with E-state index in [-0.39, 0.29) is 16.4 Å². The van der Waals surface area contributed by atoms with Crippen LogP contribution in [-0.4, -0.2) is 56.1 Å². The van der Waals surface area contributed by atoms with Crippen LogP contribution in [0, 0.1) is 11.6 Å². The van der Waals surface area contributed by atoms with Gasteiger partial charge in [0.15, 0.2) is 0 Å². The number of amidine groups is 1. The number of sulfonamides is 1. The summed E-state index contributed by atoms with van der Waals surface area (Å²) in [5.41, 5.74) is 1.16. The maximum atomic E-state index is 13.5. The summed E-state index contributed by atoms with van der Waals surface area (Å²) < 4.78 is 56.2. The Hall–Kier alpha value is -3.07. The molecule has 31 heavy (non-hydrogen) atoms. The summed E-state index contributed by atoms with van der Waals surface area (Å²) in [6.45, 7) is 3.43. The summed E-state index contributed by atoms with van der Waals surface area (Å²) in [7, 11) is -3.91. The normalized spacial score (nSPS) is 18.7. The molecule has 2 heterocycles. The third-order valence-corrected chi connectivity index (χ3v) is 6.87. The molecule has 1 fully saturated rings. The molecule has 1 saturated heterocycles. The lowest BCUT2D eigenvalue weighted by Gasteiger charge is -2.23. The van der Waals surface area contributed by atoms with E-state index in [0.717, 1.165) is 0 Å². The van der Waals surface area contributed by atoms with Gasteiger partial charge in [0.05, 0.1) is 0 Å². The topological polar surface area (TPSA) is 70.1 Å². The summed E-state index contributed by atoms with van der Waals surface area (Å²) in [6, 6.07) is 10.8. The first-order valence-corrected chi connectivity index (χ1v) is 11.3. The second kappa shape index (κ2) is 8.22. The van der Waals surface area contributed by atoms with Crippen molar-refractivity contribution in [1.29, 1.82) is 0 Å². The lowest BCUT2D eigenvalue weighted by molar-refractivity contribution is 0.0763. The Morgan fingerprint density at radius 2 is 1.71 bits per heavy atom. The van der Waals surface area contributed by atoms with E-state index in [1.165, 1.54) is 42.5 Å². The number of hydrogen-bond acceptors (Lipinski definition) is 4. The summed E-state index contributed by atoms with van der Waals surface area (Å²) >= 11 is 0. The fraction of sp³-hybridized carbons (Fsp3) is 0.273. The Balaban J connectivity index is 1.55. The Kier molecular flexibility index (Phi) is 5.62. The number of nitrogens with zero attached hydrogens (tertiary/aromatic N) is 3. The smallest absolute Gasteiger partial charge is 0.285 e. The molecule has 162 valence electrons. The third-order valence-electron chi connectivity index (χ3n) is 5.40. The van der Waals surface area contributed by atoms with Crippen molar-refractivity contribution in [3.63, 3.8) is 0 Å². The molecule has 0 aliphatic carbocycles. The molecule has 2 aliphatic rings. The standard InChI is InChI=1S/C22H21F2N3O3S/c1-15-20(16-6-8-18(23)9-7-16)31(29,30)25-21(15)26-10-3-11-27(13-12-26)22(28)17-4-2-5-19(24)14-17/h2,4-9,14H,3,10-13H2,1H3. The SMILES string of the molecule is CC1=C(c2ccc(F)cc2)S(=O)(=O)N=C1N1CCCN(C(=O)c2cccc(F)c2)CC1. The quantitative estimate of drug-likeness (QED) is 0.711. The van der Waals surface area contributed by atoms with Crippen LogP contribution in [0.5, 0.6) is 0 Å². The molecule has 1 amide bonds. The molecule has 6 nitrogen and oxygen atoms in total. The van der Waals surface area contributed by atoms with Crippen molar-refractivity contribution in [2.24, 2.45) is 4.40 Å². The average Bonchev–Trinajstić information content (AvgIpc) is 2.89. The molecule has 0 radical (unpaired) electrons. The highest BCUT2D eigenvalue weighted by molar-refractivity contribution is 8.00. The Morgan fingerprint density at radius 1 is 0.968 bits per heavy atom. The molecule has 2 aromatic rings. The van der Waals surface area contributed by atoms with Crippen molar-refractivity contribution in [2.45, 2.75) is 13.3 Å². The molecular weight excluding hydrogens is 424 g/mol. The highest BCUT2D eigenvalue weighted by Crippen LogP contribution is 2.34. The van der Waals surface area contributed by atoms with Crippen molar-refractivity contribution in [2.75, 3.05) is 26.2 Å². The van der Waals surface area contributed by atoms with E-state index in [0.29, 0.717) is 49.6 Å². The molecule has 0 N–H and O–H groups in total. The van der Waals surface area contributed by atoms with Gasteiger partial charge in [-0.15, -0.1) is 4.40 Å². The van der Waals surface area contributed by atoms with E-state index >= 15 is 0 Å².